The van der Waals surface area contributed by atoms with E-state index in [2.05, 4.69) is 15.6 Å². The molecule has 1 aromatic rings. The highest BCUT2D eigenvalue weighted by molar-refractivity contribution is 14.0. The molecule has 0 aromatic heterocycles. The van der Waals surface area contributed by atoms with Crippen LogP contribution in [0.2, 0.25) is 0 Å². The third-order valence-electron chi connectivity index (χ3n) is 4.33. The Morgan fingerprint density at radius 1 is 1.30 bits per heavy atom. The summed E-state index contributed by atoms with van der Waals surface area (Å²) in [5.41, 5.74) is 0.216. The van der Waals surface area contributed by atoms with E-state index in [0.717, 1.165) is 18.2 Å². The lowest BCUT2D eigenvalue weighted by Crippen LogP contribution is -2.49. The number of sulfonamides is 1. The molecule has 1 fully saturated rings. The molecule has 1 heterocycles. The summed E-state index contributed by atoms with van der Waals surface area (Å²) in [7, 11) is -1.57. The lowest BCUT2D eigenvalue weighted by molar-refractivity contribution is 0.306. The van der Waals surface area contributed by atoms with E-state index < -0.39 is 21.7 Å². The molecule has 0 unspecified atom stereocenters. The van der Waals surface area contributed by atoms with Gasteiger partial charge in [0.1, 0.15) is 11.6 Å². The molecule has 1 aliphatic rings. The molecule has 1 saturated heterocycles. The Balaban J connectivity index is 0.00000364. The molecule has 2 N–H and O–H groups in total. The molecule has 0 saturated carbocycles. The van der Waals surface area contributed by atoms with Gasteiger partial charge in [-0.15, -0.1) is 24.0 Å². The summed E-state index contributed by atoms with van der Waals surface area (Å²) in [5, 5.41) is 6.18. The van der Waals surface area contributed by atoms with E-state index in [1.165, 1.54) is 4.31 Å². The second-order valence-corrected chi connectivity index (χ2v) is 8.38. The molecule has 154 valence electrons. The molecular formula is C17H27F2IN4O2S. The van der Waals surface area contributed by atoms with Gasteiger partial charge >= 0.3 is 0 Å². The molecule has 27 heavy (non-hydrogen) atoms. The number of halogens is 3. The van der Waals surface area contributed by atoms with Gasteiger partial charge in [0.2, 0.25) is 10.0 Å². The Kier molecular flexibility index (Phi) is 9.88. The monoisotopic (exact) mass is 516 g/mol. The molecule has 0 radical (unpaired) electrons. The molecule has 2 rings (SSSR count). The number of piperidine rings is 1. The maximum atomic E-state index is 13.7. The van der Waals surface area contributed by atoms with E-state index in [0.29, 0.717) is 38.3 Å². The minimum atomic E-state index is -3.16. The maximum Gasteiger partial charge on any atom is 0.214 e. The zero-order valence-electron chi connectivity index (χ0n) is 15.5. The normalized spacial score (nSPS) is 16.7. The first-order chi connectivity index (χ1) is 12.4. The molecule has 10 heteroatoms. The van der Waals surface area contributed by atoms with Crippen LogP contribution >= 0.6 is 24.0 Å². The van der Waals surface area contributed by atoms with Crippen molar-refractivity contribution >= 4 is 40.0 Å². The van der Waals surface area contributed by atoms with E-state index in [4.69, 9.17) is 0 Å². The van der Waals surface area contributed by atoms with Crippen molar-refractivity contribution in [1.29, 1.82) is 0 Å². The van der Waals surface area contributed by atoms with E-state index in [1.807, 2.05) is 6.92 Å². The van der Waals surface area contributed by atoms with Crippen LogP contribution in [0, 0.1) is 11.6 Å². The van der Waals surface area contributed by atoms with Crippen molar-refractivity contribution in [3.8, 4) is 0 Å². The molecule has 6 nitrogen and oxygen atoms in total. The fourth-order valence-electron chi connectivity index (χ4n) is 2.91. The summed E-state index contributed by atoms with van der Waals surface area (Å²) in [6, 6.07) is 3.39. The summed E-state index contributed by atoms with van der Waals surface area (Å²) >= 11 is 0. The summed E-state index contributed by atoms with van der Waals surface area (Å²) in [6.45, 7) is 2.89. The fourth-order valence-corrected chi connectivity index (χ4v) is 4.45. The zero-order valence-corrected chi connectivity index (χ0v) is 18.7. The van der Waals surface area contributed by atoms with Crippen molar-refractivity contribution < 1.29 is 17.2 Å². The number of guanidine groups is 1. The fraction of sp³-hybridized carbons (Fsp3) is 0.588. The van der Waals surface area contributed by atoms with Crippen LogP contribution < -0.4 is 10.6 Å². The van der Waals surface area contributed by atoms with E-state index in [-0.39, 0.29) is 47.9 Å². The zero-order chi connectivity index (χ0) is 19.2. The average Bonchev–Trinajstić information content (AvgIpc) is 2.61. The largest absolute Gasteiger partial charge is 0.354 e. The highest BCUT2D eigenvalue weighted by atomic mass is 127. The highest BCUT2D eigenvalue weighted by Gasteiger charge is 2.27. The Bertz CT molecular complexity index is 738. The summed E-state index contributed by atoms with van der Waals surface area (Å²) in [6.07, 6.45) is 1.93. The highest BCUT2D eigenvalue weighted by Crippen LogP contribution is 2.15. The Labute approximate surface area is 176 Å². The van der Waals surface area contributed by atoms with Gasteiger partial charge in [-0.1, -0.05) is 6.92 Å². The van der Waals surface area contributed by atoms with Gasteiger partial charge in [0.05, 0.1) is 5.75 Å². The van der Waals surface area contributed by atoms with Crippen LogP contribution in [0.5, 0.6) is 0 Å². The second-order valence-electron chi connectivity index (χ2n) is 6.30. The van der Waals surface area contributed by atoms with Gasteiger partial charge in [-0.2, -0.15) is 0 Å². The summed E-state index contributed by atoms with van der Waals surface area (Å²) < 4.78 is 52.6. The Hall–Kier alpha value is -1.01. The number of aliphatic imine (C=N–C) groups is 1. The van der Waals surface area contributed by atoms with E-state index in [9.17, 15) is 17.2 Å². The van der Waals surface area contributed by atoms with E-state index in [1.54, 1.807) is 7.05 Å². The molecule has 0 amide bonds. The van der Waals surface area contributed by atoms with Gasteiger partial charge in [-0.25, -0.2) is 21.5 Å². The molecule has 0 aliphatic carbocycles. The SMILES string of the molecule is CCCS(=O)(=O)N1CCC(NC(=NC)NCc2cc(F)ccc2F)CC1.I. The van der Waals surface area contributed by atoms with Crippen LogP contribution in [0.25, 0.3) is 0 Å². The van der Waals surface area contributed by atoms with Crippen molar-refractivity contribution in [3.63, 3.8) is 0 Å². The number of hydrogen-bond donors (Lipinski definition) is 2. The van der Waals surface area contributed by atoms with Gasteiger partial charge in [0.25, 0.3) is 0 Å². The first-order valence-corrected chi connectivity index (χ1v) is 10.4. The standard InChI is InChI=1S/C17H26F2N4O2S.HI/c1-3-10-26(24,25)23-8-6-15(7-9-23)22-17(20-2)21-12-13-11-14(18)4-5-16(13)19;/h4-5,11,15H,3,6-10,12H2,1-2H3,(H2,20,21,22);1H. The lowest BCUT2D eigenvalue weighted by Gasteiger charge is -2.32. The smallest absolute Gasteiger partial charge is 0.214 e. The van der Waals surface area contributed by atoms with Crippen LogP contribution in [-0.4, -0.2) is 50.6 Å². The molecule has 0 atom stereocenters. The molecule has 0 spiro atoms. The lowest BCUT2D eigenvalue weighted by atomic mass is 10.1. The molecule has 1 aromatic carbocycles. The number of rotatable bonds is 6. The van der Waals surface area contributed by atoms with Crippen LogP contribution in [0.3, 0.4) is 0 Å². The summed E-state index contributed by atoms with van der Waals surface area (Å²) in [4.78, 5) is 4.09. The van der Waals surface area contributed by atoms with Crippen molar-refractivity contribution in [3.05, 3.63) is 35.4 Å². The first-order valence-electron chi connectivity index (χ1n) is 8.74. The first kappa shape index (κ1) is 24.0. The quantitative estimate of drug-likeness (QED) is 0.346. The van der Waals surface area contributed by atoms with Crippen LogP contribution in [-0.2, 0) is 16.6 Å². The Morgan fingerprint density at radius 2 is 1.96 bits per heavy atom. The number of nitrogens with zero attached hydrogens (tertiary/aromatic N) is 2. The van der Waals surface area contributed by atoms with Gasteiger partial charge in [-0.3, -0.25) is 4.99 Å². The van der Waals surface area contributed by atoms with Gasteiger partial charge < -0.3 is 10.6 Å². The van der Waals surface area contributed by atoms with Crippen LogP contribution in [0.1, 0.15) is 31.7 Å². The maximum absolute atomic E-state index is 13.7. The van der Waals surface area contributed by atoms with Crippen LogP contribution in [0.15, 0.2) is 23.2 Å². The molecule has 1 aliphatic heterocycles. The van der Waals surface area contributed by atoms with Gasteiger partial charge in [0, 0.05) is 38.3 Å². The van der Waals surface area contributed by atoms with Crippen molar-refractivity contribution in [1.82, 2.24) is 14.9 Å². The van der Waals surface area contributed by atoms with Crippen molar-refractivity contribution in [2.45, 2.75) is 38.8 Å². The topological polar surface area (TPSA) is 73.8 Å². The van der Waals surface area contributed by atoms with Gasteiger partial charge in [-0.05, 0) is 37.5 Å². The van der Waals surface area contributed by atoms with Crippen molar-refractivity contribution in [2.24, 2.45) is 4.99 Å². The minimum absolute atomic E-state index is 0. The predicted molar refractivity (Wildman–Crippen MR) is 114 cm³/mol. The third kappa shape index (κ3) is 7.15. The second kappa shape index (κ2) is 11.1. The molecule has 0 bridgehead atoms. The van der Waals surface area contributed by atoms with E-state index >= 15 is 0 Å². The average molecular weight is 516 g/mol. The van der Waals surface area contributed by atoms with Crippen LogP contribution in [0.4, 0.5) is 8.78 Å². The van der Waals surface area contributed by atoms with Crippen molar-refractivity contribution in [2.75, 3.05) is 25.9 Å². The minimum Gasteiger partial charge on any atom is -0.354 e. The molecular weight excluding hydrogens is 489 g/mol. The number of benzene rings is 1. The number of nitrogens with one attached hydrogen (secondary N) is 2. The number of hydrogen-bond acceptors (Lipinski definition) is 3. The predicted octanol–water partition coefficient (Wildman–Crippen LogP) is 2.45. The van der Waals surface area contributed by atoms with Gasteiger partial charge in [0.15, 0.2) is 5.96 Å². The summed E-state index contributed by atoms with van der Waals surface area (Å²) in [5.74, 6) is -0.327. The third-order valence-corrected chi connectivity index (χ3v) is 6.40. The Morgan fingerprint density at radius 3 is 2.56 bits per heavy atom.